The summed E-state index contributed by atoms with van der Waals surface area (Å²) in [5.41, 5.74) is -1.15. The van der Waals surface area contributed by atoms with Crippen molar-refractivity contribution in [2.75, 3.05) is 6.61 Å². The fourth-order valence-corrected chi connectivity index (χ4v) is 2.93. The highest BCUT2D eigenvalue weighted by molar-refractivity contribution is 6.34. The highest BCUT2D eigenvalue weighted by atomic mass is 35.5. The third kappa shape index (κ3) is 1.99. The largest absolute Gasteiger partial charge is 0.394 e. The van der Waals surface area contributed by atoms with Crippen molar-refractivity contribution < 1.29 is 20.1 Å². The molecule has 2 aromatic rings. The highest BCUT2D eigenvalue weighted by Crippen LogP contribution is 2.40. The van der Waals surface area contributed by atoms with Gasteiger partial charge in [0.1, 0.15) is 41.0 Å². The summed E-state index contributed by atoms with van der Waals surface area (Å²) in [7, 11) is 0. The van der Waals surface area contributed by atoms with Crippen molar-refractivity contribution in [3.8, 4) is 6.07 Å². The number of halogens is 1. The molecule has 3 rings (SSSR count). The van der Waals surface area contributed by atoms with E-state index < -0.39 is 30.6 Å². The molecule has 0 aromatic carbocycles. The van der Waals surface area contributed by atoms with E-state index in [-0.39, 0.29) is 10.7 Å². The predicted octanol–water partition coefficient (Wildman–Crippen LogP) is -0.0420. The van der Waals surface area contributed by atoms with Gasteiger partial charge in [-0.25, -0.2) is 9.97 Å². The molecule has 0 spiro atoms. The average Bonchev–Trinajstić information content (AvgIpc) is 2.97. The first-order valence-corrected chi connectivity index (χ1v) is 6.87. The molecule has 3 N–H and O–H groups in total. The summed E-state index contributed by atoms with van der Waals surface area (Å²) in [6.07, 6.45) is -0.610. The van der Waals surface area contributed by atoms with Crippen LogP contribution in [0.2, 0.25) is 5.15 Å². The number of hydrogen-bond acceptors (Lipinski definition) is 7. The molecule has 1 fully saturated rings. The summed E-state index contributed by atoms with van der Waals surface area (Å²) in [5, 5.41) is 39.5. The van der Waals surface area contributed by atoms with Crippen molar-refractivity contribution >= 4 is 22.6 Å². The Kier molecular flexibility index (Phi) is 3.55. The number of nitrogens with zero attached hydrogens (tertiary/aromatic N) is 4. The van der Waals surface area contributed by atoms with Gasteiger partial charge in [0.15, 0.2) is 6.23 Å². The van der Waals surface area contributed by atoms with Gasteiger partial charge in [0.2, 0.25) is 0 Å². The summed E-state index contributed by atoms with van der Waals surface area (Å²) < 4.78 is 6.95. The van der Waals surface area contributed by atoms with Crippen LogP contribution < -0.4 is 0 Å². The van der Waals surface area contributed by atoms with Crippen LogP contribution >= 0.6 is 11.6 Å². The number of rotatable bonds is 2. The van der Waals surface area contributed by atoms with Crippen molar-refractivity contribution in [2.45, 2.75) is 31.0 Å². The Bertz CT molecular complexity index is 769. The minimum atomic E-state index is -1.68. The van der Waals surface area contributed by atoms with Gasteiger partial charge >= 0.3 is 0 Å². The Morgan fingerprint density at radius 2 is 2.27 bits per heavy atom. The average molecular weight is 325 g/mol. The molecule has 1 aliphatic heterocycles. The van der Waals surface area contributed by atoms with E-state index in [1.54, 1.807) is 0 Å². The summed E-state index contributed by atoms with van der Waals surface area (Å²) in [6.45, 7) is 0.937. The maximum absolute atomic E-state index is 10.5. The molecule has 0 amide bonds. The summed E-state index contributed by atoms with van der Waals surface area (Å²) >= 11 is 6.01. The van der Waals surface area contributed by atoms with Crippen LogP contribution in [0.5, 0.6) is 0 Å². The quantitative estimate of drug-likeness (QED) is 0.662. The molecular weight excluding hydrogens is 312 g/mol. The Morgan fingerprint density at radius 1 is 1.55 bits per heavy atom. The number of fused-ring (bicyclic) bond motifs is 1. The molecular formula is C13H13ClN4O4. The monoisotopic (exact) mass is 324 g/mol. The zero-order valence-corrected chi connectivity index (χ0v) is 12.3. The highest BCUT2D eigenvalue weighted by Gasteiger charge is 2.53. The first-order valence-electron chi connectivity index (χ1n) is 6.49. The lowest BCUT2D eigenvalue weighted by Crippen LogP contribution is -2.44. The number of aliphatic hydroxyl groups excluding tert-OH is 2. The summed E-state index contributed by atoms with van der Waals surface area (Å²) in [6, 6.07) is 1.98. The third-order valence-corrected chi connectivity index (χ3v) is 4.16. The van der Waals surface area contributed by atoms with E-state index in [0.717, 1.165) is 0 Å². The topological polar surface area (TPSA) is 124 Å². The SMILES string of the molecule is C[C@@]1(O)C(O)C(CO)OC1n1cc(C#N)c2c(Cl)ncnc21. The van der Waals surface area contributed by atoms with Crippen molar-refractivity contribution in [1.29, 1.82) is 5.26 Å². The van der Waals surface area contributed by atoms with Gasteiger partial charge in [0.05, 0.1) is 17.6 Å². The van der Waals surface area contributed by atoms with E-state index in [0.29, 0.717) is 11.0 Å². The van der Waals surface area contributed by atoms with Crippen molar-refractivity contribution in [2.24, 2.45) is 0 Å². The lowest BCUT2D eigenvalue weighted by molar-refractivity contribution is -0.0948. The maximum atomic E-state index is 10.5. The van der Waals surface area contributed by atoms with Crippen LogP contribution in [0.4, 0.5) is 0 Å². The zero-order valence-electron chi connectivity index (χ0n) is 11.5. The lowest BCUT2D eigenvalue weighted by atomic mass is 9.96. The van der Waals surface area contributed by atoms with E-state index >= 15 is 0 Å². The number of aliphatic hydroxyl groups is 3. The predicted molar refractivity (Wildman–Crippen MR) is 74.9 cm³/mol. The van der Waals surface area contributed by atoms with E-state index in [9.17, 15) is 20.6 Å². The molecule has 3 unspecified atom stereocenters. The van der Waals surface area contributed by atoms with Gasteiger partial charge in [-0.3, -0.25) is 0 Å². The first-order chi connectivity index (χ1) is 10.4. The Hall–Kier alpha value is -1.76. The second-order valence-electron chi connectivity index (χ2n) is 5.31. The second-order valence-corrected chi connectivity index (χ2v) is 5.66. The van der Waals surface area contributed by atoms with Gasteiger partial charge in [-0.1, -0.05) is 11.6 Å². The van der Waals surface area contributed by atoms with Crippen molar-refractivity contribution in [1.82, 2.24) is 14.5 Å². The molecule has 2 aromatic heterocycles. The van der Waals surface area contributed by atoms with Crippen LogP contribution in [-0.2, 0) is 4.74 Å². The lowest BCUT2D eigenvalue weighted by Gasteiger charge is -2.27. The van der Waals surface area contributed by atoms with Crippen LogP contribution in [0, 0.1) is 11.3 Å². The Morgan fingerprint density at radius 3 is 2.86 bits per heavy atom. The minimum Gasteiger partial charge on any atom is -0.394 e. The molecule has 1 aliphatic rings. The van der Waals surface area contributed by atoms with Gasteiger partial charge < -0.3 is 24.6 Å². The van der Waals surface area contributed by atoms with Gasteiger partial charge in [0.25, 0.3) is 0 Å². The molecule has 0 bridgehead atoms. The normalized spacial score (nSPS) is 31.5. The standard InChI is InChI=1S/C13H13ClN4O4/c1-13(21)9(20)7(4-19)22-12(13)18-3-6(2-15)8-10(14)16-5-17-11(8)18/h3,5,7,9,12,19-21H,4H2,1H3/t7?,9?,12?,13-/m1/s1. The maximum Gasteiger partial charge on any atom is 0.167 e. The molecule has 9 heteroatoms. The fraction of sp³-hybridized carbons (Fsp3) is 0.462. The smallest absolute Gasteiger partial charge is 0.167 e. The minimum absolute atomic E-state index is 0.109. The van der Waals surface area contributed by atoms with E-state index in [2.05, 4.69) is 9.97 Å². The molecule has 8 nitrogen and oxygen atoms in total. The van der Waals surface area contributed by atoms with Gasteiger partial charge in [-0.05, 0) is 6.92 Å². The first kappa shape index (κ1) is 15.1. The van der Waals surface area contributed by atoms with Crippen molar-refractivity contribution in [3.63, 3.8) is 0 Å². The summed E-state index contributed by atoms with van der Waals surface area (Å²) in [4.78, 5) is 7.91. The van der Waals surface area contributed by atoms with Crippen LogP contribution in [0.3, 0.4) is 0 Å². The molecule has 22 heavy (non-hydrogen) atoms. The van der Waals surface area contributed by atoms with Gasteiger partial charge in [-0.2, -0.15) is 5.26 Å². The number of hydrogen-bond donors (Lipinski definition) is 3. The fourth-order valence-electron chi connectivity index (χ4n) is 2.70. The van der Waals surface area contributed by atoms with Gasteiger partial charge in [-0.15, -0.1) is 0 Å². The molecule has 1 saturated heterocycles. The van der Waals surface area contributed by atoms with Crippen LogP contribution in [0.15, 0.2) is 12.5 Å². The van der Waals surface area contributed by atoms with E-state index in [4.69, 9.17) is 16.3 Å². The Balaban J connectivity index is 2.20. The van der Waals surface area contributed by atoms with Crippen LogP contribution in [0.1, 0.15) is 18.7 Å². The third-order valence-electron chi connectivity index (χ3n) is 3.87. The number of aromatic nitrogens is 3. The zero-order chi connectivity index (χ0) is 16.1. The molecule has 4 atom stereocenters. The second kappa shape index (κ2) is 5.15. The molecule has 0 saturated carbocycles. The Labute approximate surface area is 130 Å². The van der Waals surface area contributed by atoms with Crippen molar-refractivity contribution in [3.05, 3.63) is 23.2 Å². The van der Waals surface area contributed by atoms with Crippen LogP contribution in [0.25, 0.3) is 11.0 Å². The molecule has 0 aliphatic carbocycles. The number of ether oxygens (including phenoxy) is 1. The van der Waals surface area contributed by atoms with E-state index in [1.807, 2.05) is 6.07 Å². The van der Waals surface area contributed by atoms with Crippen LogP contribution in [-0.4, -0.2) is 54.3 Å². The van der Waals surface area contributed by atoms with E-state index in [1.165, 1.54) is 24.0 Å². The molecule has 0 radical (unpaired) electrons. The molecule has 3 heterocycles. The summed E-state index contributed by atoms with van der Waals surface area (Å²) in [5.74, 6) is 0. The number of nitriles is 1. The molecule has 116 valence electrons. The van der Waals surface area contributed by atoms with Gasteiger partial charge in [0, 0.05) is 6.20 Å².